The second-order valence-corrected chi connectivity index (χ2v) is 10.6. The molecule has 0 spiro atoms. The molecule has 198 valence electrons. The number of ether oxygens (including phenoxy) is 1. The predicted molar refractivity (Wildman–Crippen MR) is 135 cm³/mol. The number of aromatic nitrogens is 1. The summed E-state index contributed by atoms with van der Waals surface area (Å²) in [6.07, 6.45) is -3.46. The monoisotopic (exact) mass is 544 g/mol. The van der Waals surface area contributed by atoms with E-state index in [1.165, 1.54) is 36.5 Å². The molecule has 0 radical (unpaired) electrons. The summed E-state index contributed by atoms with van der Waals surface area (Å²) in [5, 5.41) is 2.76. The zero-order valence-electron chi connectivity index (χ0n) is 20.4. The minimum atomic E-state index is -4.88. The SMILES string of the molecule is CCS(=O)(=O)c1ccc(CC(=O)Nc2ccc(-c3ccccc3OC(F)(F)F)c(-c3cnc(C)o3)c2)cc1. The van der Waals surface area contributed by atoms with E-state index in [0.717, 1.165) is 0 Å². The Morgan fingerprint density at radius 1 is 1.00 bits per heavy atom. The van der Waals surface area contributed by atoms with Crippen LogP contribution in [0.1, 0.15) is 18.4 Å². The van der Waals surface area contributed by atoms with Gasteiger partial charge in [0.1, 0.15) is 5.75 Å². The summed E-state index contributed by atoms with van der Waals surface area (Å²) in [5.41, 5.74) is 1.94. The normalized spacial score (nSPS) is 11.8. The van der Waals surface area contributed by atoms with Crippen LogP contribution in [-0.2, 0) is 21.1 Å². The van der Waals surface area contributed by atoms with Gasteiger partial charge < -0.3 is 14.5 Å². The Hall–Kier alpha value is -4.12. The second-order valence-electron chi connectivity index (χ2n) is 8.32. The first-order valence-electron chi connectivity index (χ1n) is 11.5. The Balaban J connectivity index is 1.63. The molecule has 0 saturated heterocycles. The highest BCUT2D eigenvalue weighted by molar-refractivity contribution is 7.91. The quantitative estimate of drug-likeness (QED) is 0.284. The van der Waals surface area contributed by atoms with Crippen molar-refractivity contribution in [1.82, 2.24) is 4.98 Å². The van der Waals surface area contributed by atoms with Crippen LogP contribution in [0.25, 0.3) is 22.5 Å². The average molecular weight is 545 g/mol. The fourth-order valence-corrected chi connectivity index (χ4v) is 4.71. The van der Waals surface area contributed by atoms with Gasteiger partial charge in [-0.15, -0.1) is 13.2 Å². The number of carbonyl (C=O) groups excluding carboxylic acids is 1. The van der Waals surface area contributed by atoms with Crippen molar-refractivity contribution in [2.24, 2.45) is 0 Å². The number of sulfone groups is 1. The van der Waals surface area contributed by atoms with Crippen LogP contribution >= 0.6 is 0 Å². The minimum absolute atomic E-state index is 0.0206. The van der Waals surface area contributed by atoms with Crippen molar-refractivity contribution in [3.8, 4) is 28.2 Å². The van der Waals surface area contributed by atoms with Crippen LogP contribution in [0.4, 0.5) is 18.9 Å². The summed E-state index contributed by atoms with van der Waals surface area (Å²) in [6.45, 7) is 3.19. The van der Waals surface area contributed by atoms with Crippen LogP contribution < -0.4 is 10.1 Å². The van der Waals surface area contributed by atoms with Gasteiger partial charge in [-0.1, -0.05) is 43.3 Å². The van der Waals surface area contributed by atoms with E-state index in [4.69, 9.17) is 4.42 Å². The van der Waals surface area contributed by atoms with Gasteiger partial charge in [-0.2, -0.15) is 0 Å². The fraction of sp³-hybridized carbons (Fsp3) is 0.185. The van der Waals surface area contributed by atoms with Crippen LogP contribution in [0.5, 0.6) is 5.75 Å². The number of anilines is 1. The Labute approximate surface area is 217 Å². The number of benzene rings is 3. The van der Waals surface area contributed by atoms with Crippen molar-refractivity contribution in [1.29, 1.82) is 0 Å². The molecule has 0 unspecified atom stereocenters. The zero-order valence-corrected chi connectivity index (χ0v) is 21.2. The van der Waals surface area contributed by atoms with Crippen molar-refractivity contribution in [2.45, 2.75) is 31.5 Å². The number of aryl methyl sites for hydroxylation is 1. The average Bonchev–Trinajstić information content (AvgIpc) is 3.30. The van der Waals surface area contributed by atoms with Gasteiger partial charge in [0.2, 0.25) is 5.91 Å². The molecule has 1 N–H and O–H groups in total. The second kappa shape index (κ2) is 10.7. The van der Waals surface area contributed by atoms with Crippen molar-refractivity contribution in [2.75, 3.05) is 11.1 Å². The summed E-state index contributed by atoms with van der Waals surface area (Å²) < 4.78 is 72.9. The third-order valence-corrected chi connectivity index (χ3v) is 7.37. The summed E-state index contributed by atoms with van der Waals surface area (Å²) in [6, 6.07) is 16.5. The molecule has 11 heteroatoms. The molecule has 1 amide bonds. The molecular formula is C27H23F3N2O5S. The summed E-state index contributed by atoms with van der Waals surface area (Å²) in [7, 11) is -3.35. The number of hydrogen-bond donors (Lipinski definition) is 1. The van der Waals surface area contributed by atoms with Crippen molar-refractivity contribution in [3.63, 3.8) is 0 Å². The van der Waals surface area contributed by atoms with Gasteiger partial charge in [0.25, 0.3) is 0 Å². The predicted octanol–water partition coefficient (Wildman–Crippen LogP) is 6.19. The maximum atomic E-state index is 13.0. The number of alkyl halides is 3. The van der Waals surface area contributed by atoms with Crippen molar-refractivity contribution >= 4 is 21.4 Å². The maximum Gasteiger partial charge on any atom is 0.573 e. The van der Waals surface area contributed by atoms with Gasteiger partial charge in [0.05, 0.1) is 23.3 Å². The third-order valence-electron chi connectivity index (χ3n) is 5.62. The lowest BCUT2D eigenvalue weighted by atomic mass is 9.97. The lowest BCUT2D eigenvalue weighted by Gasteiger charge is -2.16. The van der Waals surface area contributed by atoms with Crippen LogP contribution in [0, 0.1) is 6.92 Å². The topological polar surface area (TPSA) is 98.5 Å². The van der Waals surface area contributed by atoms with Gasteiger partial charge in [-0.3, -0.25) is 4.79 Å². The number of halogens is 3. The number of amides is 1. The first kappa shape index (κ1) is 26.9. The molecular weight excluding hydrogens is 521 g/mol. The molecule has 38 heavy (non-hydrogen) atoms. The highest BCUT2D eigenvalue weighted by Crippen LogP contribution is 2.40. The highest BCUT2D eigenvalue weighted by Gasteiger charge is 2.32. The molecule has 0 bridgehead atoms. The molecule has 1 aromatic heterocycles. The lowest BCUT2D eigenvalue weighted by molar-refractivity contribution is -0.274. The Kier molecular flexibility index (Phi) is 7.58. The number of nitrogens with one attached hydrogen (secondary N) is 1. The minimum Gasteiger partial charge on any atom is -0.441 e. The first-order chi connectivity index (χ1) is 17.9. The Morgan fingerprint density at radius 2 is 1.71 bits per heavy atom. The maximum absolute atomic E-state index is 13.0. The molecule has 1 heterocycles. The van der Waals surface area contributed by atoms with Gasteiger partial charge in [-0.05, 0) is 41.5 Å². The largest absolute Gasteiger partial charge is 0.573 e. The van der Waals surface area contributed by atoms with E-state index in [9.17, 15) is 26.4 Å². The molecule has 0 aliphatic carbocycles. The number of oxazole rings is 1. The fourth-order valence-electron chi connectivity index (χ4n) is 3.82. The summed E-state index contributed by atoms with van der Waals surface area (Å²) >= 11 is 0. The van der Waals surface area contributed by atoms with Gasteiger partial charge in [0.15, 0.2) is 21.5 Å². The smallest absolute Gasteiger partial charge is 0.441 e. The summed E-state index contributed by atoms with van der Waals surface area (Å²) in [5.74, 6) is -0.132. The molecule has 0 saturated carbocycles. The van der Waals surface area contributed by atoms with Crippen LogP contribution in [0.2, 0.25) is 0 Å². The molecule has 0 aliphatic heterocycles. The van der Waals surface area contributed by atoms with E-state index in [1.807, 2.05) is 0 Å². The number of carbonyl (C=O) groups is 1. The highest BCUT2D eigenvalue weighted by atomic mass is 32.2. The molecule has 0 atom stereocenters. The number of rotatable bonds is 8. The van der Waals surface area contributed by atoms with Crippen LogP contribution in [0.3, 0.4) is 0 Å². The number of para-hydroxylation sites is 1. The first-order valence-corrected chi connectivity index (χ1v) is 13.1. The van der Waals surface area contributed by atoms with E-state index in [1.54, 1.807) is 50.2 Å². The molecule has 0 aliphatic rings. The molecule has 0 fully saturated rings. The van der Waals surface area contributed by atoms with E-state index in [0.29, 0.717) is 34.0 Å². The van der Waals surface area contributed by atoms with Crippen molar-refractivity contribution < 1.29 is 35.5 Å². The van der Waals surface area contributed by atoms with E-state index < -0.39 is 16.2 Å². The van der Waals surface area contributed by atoms with Crippen LogP contribution in [0.15, 0.2) is 82.2 Å². The standard InChI is InChI=1S/C27H23F3N2O5S/c1-3-38(34,35)20-11-8-18(9-12-20)14-26(33)32-19-10-13-21(23(15-19)25-16-31-17(2)36-25)22-6-4-5-7-24(22)37-27(28,29)30/h4-13,15-16H,3,14H2,1-2H3,(H,32,33). The Bertz CT molecular complexity index is 1560. The van der Waals surface area contributed by atoms with Gasteiger partial charge in [-0.25, -0.2) is 13.4 Å². The van der Waals surface area contributed by atoms with Gasteiger partial charge in [0, 0.05) is 23.7 Å². The van der Waals surface area contributed by atoms with E-state index >= 15 is 0 Å². The van der Waals surface area contributed by atoms with E-state index in [2.05, 4.69) is 15.0 Å². The summed E-state index contributed by atoms with van der Waals surface area (Å²) in [4.78, 5) is 17.0. The molecule has 7 nitrogen and oxygen atoms in total. The lowest BCUT2D eigenvalue weighted by Crippen LogP contribution is -2.17. The van der Waals surface area contributed by atoms with Crippen LogP contribution in [-0.4, -0.2) is 31.4 Å². The van der Waals surface area contributed by atoms with Gasteiger partial charge >= 0.3 is 6.36 Å². The number of hydrogen-bond acceptors (Lipinski definition) is 6. The number of nitrogens with zero attached hydrogens (tertiary/aromatic N) is 1. The molecule has 4 rings (SSSR count). The third kappa shape index (κ3) is 6.41. The molecule has 3 aromatic carbocycles. The van der Waals surface area contributed by atoms with Crippen molar-refractivity contribution in [3.05, 3.63) is 84.4 Å². The Morgan fingerprint density at radius 3 is 2.34 bits per heavy atom. The zero-order chi connectivity index (χ0) is 27.5. The van der Waals surface area contributed by atoms with E-state index in [-0.39, 0.29) is 34.3 Å². The molecule has 4 aromatic rings.